The van der Waals surface area contributed by atoms with Crippen LogP contribution in [0, 0.1) is 5.92 Å². The lowest BCUT2D eigenvalue weighted by molar-refractivity contribution is -0.143. The van der Waals surface area contributed by atoms with Crippen molar-refractivity contribution in [1.82, 2.24) is 5.32 Å². The third-order valence-electron chi connectivity index (χ3n) is 3.09. The zero-order valence-corrected chi connectivity index (χ0v) is 10.5. The van der Waals surface area contributed by atoms with Crippen molar-refractivity contribution in [2.24, 2.45) is 5.92 Å². The molecule has 0 spiro atoms. The lowest BCUT2D eigenvalue weighted by Gasteiger charge is -2.27. The van der Waals surface area contributed by atoms with E-state index in [4.69, 9.17) is 9.47 Å². The summed E-state index contributed by atoms with van der Waals surface area (Å²) in [4.78, 5) is 23.1. The zero-order chi connectivity index (χ0) is 12.6. The van der Waals surface area contributed by atoms with Gasteiger partial charge in [-0.15, -0.1) is 0 Å². The monoisotopic (exact) mass is 241 g/mol. The van der Waals surface area contributed by atoms with E-state index in [0.717, 1.165) is 19.3 Å². The highest BCUT2D eigenvalue weighted by Gasteiger charge is 2.44. The van der Waals surface area contributed by atoms with Gasteiger partial charge in [-0.25, -0.2) is 4.79 Å². The normalized spacial score (nSPS) is 31.9. The number of esters is 1. The Morgan fingerprint density at radius 1 is 1.41 bits per heavy atom. The molecular weight excluding hydrogens is 222 g/mol. The van der Waals surface area contributed by atoms with Gasteiger partial charge in [-0.05, 0) is 40.0 Å². The molecule has 2 bridgehead atoms. The molecular formula is C12H19NO4. The molecule has 5 heteroatoms. The molecule has 1 saturated carbocycles. The van der Waals surface area contributed by atoms with E-state index in [1.807, 2.05) is 20.8 Å². The fourth-order valence-corrected chi connectivity index (χ4v) is 2.38. The molecule has 1 saturated heterocycles. The zero-order valence-electron chi connectivity index (χ0n) is 10.5. The second kappa shape index (κ2) is 4.20. The largest absolute Gasteiger partial charge is 0.462 e. The third kappa shape index (κ3) is 2.90. The molecule has 1 aliphatic heterocycles. The number of fused-ring (bicyclic) bond motifs is 2. The number of hydrogen-bond acceptors (Lipinski definition) is 4. The van der Waals surface area contributed by atoms with Crippen molar-refractivity contribution < 1.29 is 19.1 Å². The summed E-state index contributed by atoms with van der Waals surface area (Å²) in [5.41, 5.74) is -0.516. The molecule has 5 nitrogen and oxygen atoms in total. The van der Waals surface area contributed by atoms with E-state index < -0.39 is 11.7 Å². The Morgan fingerprint density at radius 2 is 2.12 bits per heavy atom. The average molecular weight is 241 g/mol. The Hall–Kier alpha value is -1.26. The second-order valence-electron chi connectivity index (χ2n) is 5.73. The first-order chi connectivity index (χ1) is 7.85. The molecule has 0 aromatic carbocycles. The van der Waals surface area contributed by atoms with Crippen LogP contribution in [0.2, 0.25) is 0 Å². The lowest BCUT2D eigenvalue weighted by atomic mass is 9.85. The molecule has 96 valence electrons. The molecule has 1 heterocycles. The summed E-state index contributed by atoms with van der Waals surface area (Å²) in [5.74, 6) is -0.380. The van der Waals surface area contributed by atoms with Crippen LogP contribution in [0.4, 0.5) is 4.79 Å². The first kappa shape index (κ1) is 12.2. The summed E-state index contributed by atoms with van der Waals surface area (Å²) < 4.78 is 10.3. The van der Waals surface area contributed by atoms with Crippen molar-refractivity contribution in [3.8, 4) is 0 Å². The maximum atomic E-state index is 11.6. The van der Waals surface area contributed by atoms with Crippen LogP contribution in [-0.2, 0) is 14.3 Å². The smallest absolute Gasteiger partial charge is 0.407 e. The Kier molecular flexibility index (Phi) is 3.02. The highest BCUT2D eigenvalue weighted by Crippen LogP contribution is 2.34. The van der Waals surface area contributed by atoms with Gasteiger partial charge in [0, 0.05) is 6.04 Å². The number of ether oxygens (including phenoxy) is 2. The summed E-state index contributed by atoms with van der Waals surface area (Å²) in [5, 5.41) is 2.77. The average Bonchev–Trinajstić information content (AvgIpc) is 2.45. The molecule has 2 fully saturated rings. The molecule has 0 aromatic heterocycles. The molecule has 1 N–H and O–H groups in total. The first-order valence-corrected chi connectivity index (χ1v) is 6.05. The summed E-state index contributed by atoms with van der Waals surface area (Å²) in [6.45, 7) is 5.44. The number of nitrogens with one attached hydrogen (secondary N) is 1. The van der Waals surface area contributed by atoms with Gasteiger partial charge in [-0.1, -0.05) is 0 Å². The van der Waals surface area contributed by atoms with Crippen LogP contribution in [0.1, 0.15) is 40.0 Å². The van der Waals surface area contributed by atoms with E-state index >= 15 is 0 Å². The summed E-state index contributed by atoms with van der Waals surface area (Å²) in [7, 11) is 0. The number of carbonyl (C=O) groups excluding carboxylic acids is 2. The molecule has 0 aromatic rings. The van der Waals surface area contributed by atoms with Crippen molar-refractivity contribution >= 4 is 12.1 Å². The molecule has 0 radical (unpaired) electrons. The third-order valence-corrected chi connectivity index (χ3v) is 3.09. The van der Waals surface area contributed by atoms with Crippen LogP contribution in [0.25, 0.3) is 0 Å². The van der Waals surface area contributed by atoms with Gasteiger partial charge >= 0.3 is 12.1 Å². The standard InChI is InChI=1S/C12H19NO4/c1-12(2,3)17-11(15)13-9-5-4-7-6-8(9)10(14)16-7/h7-9H,4-6H2,1-3H3,(H,13,15)/t7-,8+,9-/m1/s1. The first-order valence-electron chi connectivity index (χ1n) is 6.05. The number of alkyl carbamates (subject to hydrolysis) is 1. The number of amides is 1. The number of hydrogen-bond donors (Lipinski definition) is 1. The molecule has 2 rings (SSSR count). The van der Waals surface area contributed by atoms with Gasteiger partial charge in [-0.3, -0.25) is 4.79 Å². The van der Waals surface area contributed by atoms with Gasteiger partial charge in [0.15, 0.2) is 0 Å². The minimum absolute atomic E-state index is 0.0594. The van der Waals surface area contributed by atoms with Crippen LogP contribution in [0.3, 0.4) is 0 Å². The van der Waals surface area contributed by atoms with E-state index in [2.05, 4.69) is 5.32 Å². The highest BCUT2D eigenvalue weighted by atomic mass is 16.6. The molecule has 0 unspecified atom stereocenters. The lowest BCUT2D eigenvalue weighted by Crippen LogP contribution is -2.45. The van der Waals surface area contributed by atoms with Crippen molar-refractivity contribution in [3.63, 3.8) is 0 Å². The minimum Gasteiger partial charge on any atom is -0.462 e. The summed E-state index contributed by atoms with van der Waals surface area (Å²) >= 11 is 0. The van der Waals surface area contributed by atoms with E-state index in [1.54, 1.807) is 0 Å². The van der Waals surface area contributed by atoms with Crippen LogP contribution in [-0.4, -0.2) is 29.8 Å². The van der Waals surface area contributed by atoms with E-state index in [0.29, 0.717) is 0 Å². The van der Waals surface area contributed by atoms with Crippen molar-refractivity contribution in [2.45, 2.75) is 57.8 Å². The van der Waals surface area contributed by atoms with Gasteiger partial charge in [0.1, 0.15) is 11.7 Å². The SMILES string of the molecule is CC(C)(C)OC(=O)N[C@@H]1CC[C@@H]2C[C@@H]1C(=O)O2. The van der Waals surface area contributed by atoms with Gasteiger partial charge in [0.05, 0.1) is 5.92 Å². The maximum absolute atomic E-state index is 11.6. The topological polar surface area (TPSA) is 64.6 Å². The fraction of sp³-hybridized carbons (Fsp3) is 0.833. The fourth-order valence-electron chi connectivity index (χ4n) is 2.38. The second-order valence-corrected chi connectivity index (χ2v) is 5.73. The molecule has 3 atom stereocenters. The van der Waals surface area contributed by atoms with Gasteiger partial charge in [0.2, 0.25) is 0 Å². The Bertz CT molecular complexity index is 334. The van der Waals surface area contributed by atoms with Crippen molar-refractivity contribution in [3.05, 3.63) is 0 Å². The summed E-state index contributed by atoms with van der Waals surface area (Å²) in [6, 6.07) is -0.143. The summed E-state index contributed by atoms with van der Waals surface area (Å²) in [6.07, 6.45) is 1.92. The number of carbonyl (C=O) groups is 2. The van der Waals surface area contributed by atoms with Crippen molar-refractivity contribution in [2.75, 3.05) is 0 Å². The molecule has 1 aliphatic carbocycles. The van der Waals surface area contributed by atoms with Gasteiger partial charge < -0.3 is 14.8 Å². The molecule has 2 aliphatic rings. The van der Waals surface area contributed by atoms with Gasteiger partial charge in [-0.2, -0.15) is 0 Å². The Morgan fingerprint density at radius 3 is 2.76 bits per heavy atom. The number of rotatable bonds is 1. The predicted molar refractivity (Wildman–Crippen MR) is 60.4 cm³/mol. The van der Waals surface area contributed by atoms with Crippen LogP contribution in [0.5, 0.6) is 0 Å². The van der Waals surface area contributed by atoms with Crippen LogP contribution >= 0.6 is 0 Å². The van der Waals surface area contributed by atoms with Gasteiger partial charge in [0.25, 0.3) is 0 Å². The van der Waals surface area contributed by atoms with E-state index in [-0.39, 0.29) is 24.0 Å². The molecule has 17 heavy (non-hydrogen) atoms. The van der Waals surface area contributed by atoms with E-state index in [1.165, 1.54) is 0 Å². The quantitative estimate of drug-likeness (QED) is 0.708. The highest BCUT2D eigenvalue weighted by molar-refractivity contribution is 5.77. The predicted octanol–water partition coefficient (Wildman–Crippen LogP) is 1.61. The Labute approximate surface area is 101 Å². The van der Waals surface area contributed by atoms with Crippen LogP contribution in [0.15, 0.2) is 0 Å². The minimum atomic E-state index is -0.516. The Balaban J connectivity index is 1.91. The van der Waals surface area contributed by atoms with Crippen LogP contribution < -0.4 is 5.32 Å². The van der Waals surface area contributed by atoms with Crippen molar-refractivity contribution in [1.29, 1.82) is 0 Å². The maximum Gasteiger partial charge on any atom is 0.407 e. The van der Waals surface area contributed by atoms with E-state index in [9.17, 15) is 9.59 Å². The molecule has 1 amide bonds.